The summed E-state index contributed by atoms with van der Waals surface area (Å²) in [5, 5.41) is 6.90. The van der Waals surface area contributed by atoms with Crippen LogP contribution in [0.4, 0.5) is 5.69 Å². The molecule has 0 saturated carbocycles. The lowest BCUT2D eigenvalue weighted by Gasteiger charge is -2.16. The zero-order valence-corrected chi connectivity index (χ0v) is 26.1. The van der Waals surface area contributed by atoms with Crippen molar-refractivity contribution in [3.05, 3.63) is 83.9 Å². The Kier molecular flexibility index (Phi) is 11.6. The van der Waals surface area contributed by atoms with Crippen molar-refractivity contribution in [3.63, 3.8) is 0 Å². The Labute approximate surface area is 257 Å². The molecule has 1 saturated heterocycles. The smallest absolute Gasteiger partial charge is 0.246 e. The number of carbonyl (C=O) groups is 2. The molecule has 1 atom stereocenters. The van der Waals surface area contributed by atoms with E-state index in [0.29, 0.717) is 12.1 Å². The van der Waals surface area contributed by atoms with Gasteiger partial charge in [-0.2, -0.15) is 0 Å². The van der Waals surface area contributed by atoms with Crippen LogP contribution in [0.2, 0.25) is 0 Å². The van der Waals surface area contributed by atoms with Crippen LogP contribution in [0.15, 0.2) is 72.8 Å². The molecule has 0 bridgehead atoms. The summed E-state index contributed by atoms with van der Waals surface area (Å²) >= 11 is 1.79. The Morgan fingerprint density at radius 2 is 1.67 bits per heavy atom. The molecule has 1 aromatic heterocycles. The largest absolute Gasteiger partial charge is 0.492 e. The first-order valence-corrected chi connectivity index (χ1v) is 15.9. The minimum absolute atomic E-state index is 0. The quantitative estimate of drug-likeness (QED) is 0.186. The minimum atomic E-state index is -0.548. The third kappa shape index (κ3) is 8.20. The number of ether oxygens (including phenoxy) is 1. The average Bonchev–Trinajstić information content (AvgIpc) is 3.66. The van der Waals surface area contributed by atoms with Crippen LogP contribution in [0.25, 0.3) is 20.5 Å². The van der Waals surface area contributed by atoms with Crippen LogP contribution in [-0.4, -0.2) is 49.0 Å². The van der Waals surface area contributed by atoms with Crippen LogP contribution in [-0.2, 0) is 16.0 Å². The van der Waals surface area contributed by atoms with Crippen LogP contribution in [0, 0.1) is 0 Å². The van der Waals surface area contributed by atoms with Gasteiger partial charge in [0.2, 0.25) is 11.8 Å². The number of anilines is 1. The van der Waals surface area contributed by atoms with E-state index < -0.39 is 6.04 Å². The molecule has 0 spiro atoms. The molecular formula is C35H47N3O3S. The number of thiophene rings is 1. The molecule has 7 heteroatoms. The summed E-state index contributed by atoms with van der Waals surface area (Å²) in [6.45, 7) is 11.4. The van der Waals surface area contributed by atoms with Crippen molar-refractivity contribution in [3.8, 4) is 16.2 Å². The molecule has 1 aliphatic heterocycles. The second-order valence-corrected chi connectivity index (χ2v) is 11.4. The zero-order chi connectivity index (χ0) is 29.9. The number of nitrogens with one attached hydrogen (secondary N) is 2. The number of carbonyl (C=O) groups excluding carboxylic acids is 2. The summed E-state index contributed by atoms with van der Waals surface area (Å²) in [5.41, 5.74) is 4.37. The van der Waals surface area contributed by atoms with Crippen molar-refractivity contribution in [1.29, 1.82) is 0 Å². The standard InChI is InChI=1S/C33H37N3O3S.C2H6.2H2/c1-3-30(34-23(2)37)33(38)35-26-14-12-25(13-15-26)32-29(28-8-4-5-9-31(28)40-32)22-24-10-16-27(17-11-24)39-21-20-36-18-6-7-19-36;1-2;;/h4-5,8-17,30H,3,6-7,18-22H2,1-2H3,(H,34,37)(H,35,38);1-2H3;2*1H. The fraction of sp³-hybridized carbons (Fsp3) is 0.371. The van der Waals surface area contributed by atoms with Gasteiger partial charge in [-0.15, -0.1) is 11.3 Å². The summed E-state index contributed by atoms with van der Waals surface area (Å²) in [5.74, 6) is 0.491. The lowest BCUT2D eigenvalue weighted by atomic mass is 9.99. The molecule has 226 valence electrons. The van der Waals surface area contributed by atoms with Crippen LogP contribution in [0.1, 0.15) is 60.9 Å². The van der Waals surface area contributed by atoms with E-state index in [1.165, 1.54) is 58.9 Å². The fourth-order valence-corrected chi connectivity index (χ4v) is 6.47. The molecular weight excluding hydrogens is 542 g/mol. The van der Waals surface area contributed by atoms with Gasteiger partial charge in [-0.05, 0) is 91.2 Å². The molecule has 1 unspecified atom stereocenters. The molecule has 1 fully saturated rings. The number of fused-ring (bicyclic) bond motifs is 1. The van der Waals surface area contributed by atoms with E-state index >= 15 is 0 Å². The van der Waals surface area contributed by atoms with Crippen molar-refractivity contribution in [2.24, 2.45) is 0 Å². The van der Waals surface area contributed by atoms with Crippen LogP contribution < -0.4 is 15.4 Å². The topological polar surface area (TPSA) is 70.7 Å². The summed E-state index contributed by atoms with van der Waals surface area (Å²) in [6, 6.07) is 24.5. The number of amides is 2. The van der Waals surface area contributed by atoms with E-state index in [4.69, 9.17) is 4.74 Å². The Balaban J connectivity index is 0.00000165. The maximum Gasteiger partial charge on any atom is 0.246 e. The van der Waals surface area contributed by atoms with Crippen molar-refractivity contribution < 1.29 is 17.2 Å². The summed E-state index contributed by atoms with van der Waals surface area (Å²) in [7, 11) is 0. The summed E-state index contributed by atoms with van der Waals surface area (Å²) < 4.78 is 7.27. The molecule has 0 aliphatic carbocycles. The first-order valence-electron chi connectivity index (χ1n) is 15.1. The van der Waals surface area contributed by atoms with Gasteiger partial charge < -0.3 is 15.4 Å². The van der Waals surface area contributed by atoms with E-state index in [-0.39, 0.29) is 14.7 Å². The number of benzene rings is 3. The molecule has 2 amide bonds. The molecule has 6 nitrogen and oxygen atoms in total. The van der Waals surface area contributed by atoms with Gasteiger partial charge in [0, 0.05) is 31.6 Å². The molecule has 1 aliphatic rings. The lowest BCUT2D eigenvalue weighted by molar-refractivity contribution is -0.125. The van der Waals surface area contributed by atoms with Crippen molar-refractivity contribution in [2.75, 3.05) is 31.6 Å². The minimum Gasteiger partial charge on any atom is -0.492 e. The van der Waals surface area contributed by atoms with Gasteiger partial charge in [-0.3, -0.25) is 14.5 Å². The first-order chi connectivity index (χ1) is 20.5. The van der Waals surface area contributed by atoms with E-state index in [1.807, 2.05) is 32.9 Å². The maximum absolute atomic E-state index is 12.6. The third-order valence-corrected chi connectivity index (χ3v) is 8.66. The van der Waals surface area contributed by atoms with E-state index in [0.717, 1.165) is 30.9 Å². The second kappa shape index (κ2) is 15.5. The molecule has 5 rings (SSSR count). The SMILES string of the molecule is CC.CCC(NC(C)=O)C(=O)Nc1ccc(-c2sc3ccccc3c2Cc2ccc(OCCN3CCCC3)cc2)cc1.[HH].[HH]. The number of likely N-dealkylation sites (tertiary alicyclic amines) is 1. The Morgan fingerprint density at radius 1 is 0.976 bits per heavy atom. The Hall–Kier alpha value is -3.68. The highest BCUT2D eigenvalue weighted by atomic mass is 32.1. The molecule has 0 radical (unpaired) electrons. The van der Waals surface area contributed by atoms with Gasteiger partial charge >= 0.3 is 0 Å². The predicted molar refractivity (Wildman–Crippen MR) is 180 cm³/mol. The number of hydrogen-bond donors (Lipinski definition) is 2. The van der Waals surface area contributed by atoms with E-state index in [9.17, 15) is 9.59 Å². The lowest BCUT2D eigenvalue weighted by Crippen LogP contribution is -2.42. The van der Waals surface area contributed by atoms with Crippen LogP contribution in [0.5, 0.6) is 5.75 Å². The van der Waals surface area contributed by atoms with Crippen molar-refractivity contribution >= 4 is 38.9 Å². The molecule has 2 N–H and O–H groups in total. The molecule has 42 heavy (non-hydrogen) atoms. The average molecular weight is 590 g/mol. The Bertz CT molecular complexity index is 1450. The molecule has 3 aromatic carbocycles. The van der Waals surface area contributed by atoms with E-state index in [2.05, 4.69) is 76.2 Å². The van der Waals surface area contributed by atoms with E-state index in [1.54, 1.807) is 11.3 Å². The van der Waals surface area contributed by atoms with Crippen molar-refractivity contribution in [1.82, 2.24) is 10.2 Å². The molecule has 2 heterocycles. The number of hydrogen-bond acceptors (Lipinski definition) is 5. The van der Waals surface area contributed by atoms with Gasteiger partial charge in [0.1, 0.15) is 18.4 Å². The number of nitrogens with zero attached hydrogens (tertiary/aromatic N) is 1. The van der Waals surface area contributed by atoms with Crippen LogP contribution in [0.3, 0.4) is 0 Å². The highest BCUT2D eigenvalue weighted by molar-refractivity contribution is 7.22. The van der Waals surface area contributed by atoms with Gasteiger partial charge in [-0.25, -0.2) is 0 Å². The molecule has 4 aromatic rings. The number of rotatable bonds is 11. The van der Waals surface area contributed by atoms with Gasteiger partial charge in [-0.1, -0.05) is 63.2 Å². The highest BCUT2D eigenvalue weighted by Gasteiger charge is 2.18. The van der Waals surface area contributed by atoms with Gasteiger partial charge in [0.25, 0.3) is 0 Å². The predicted octanol–water partition coefficient (Wildman–Crippen LogP) is 8.01. The van der Waals surface area contributed by atoms with Gasteiger partial charge in [0.05, 0.1) is 0 Å². The fourth-order valence-electron chi connectivity index (χ4n) is 5.25. The third-order valence-electron chi connectivity index (χ3n) is 7.39. The van der Waals surface area contributed by atoms with Gasteiger partial charge in [0.15, 0.2) is 0 Å². The summed E-state index contributed by atoms with van der Waals surface area (Å²) in [4.78, 5) is 27.7. The highest BCUT2D eigenvalue weighted by Crippen LogP contribution is 2.40. The second-order valence-electron chi connectivity index (χ2n) is 10.4. The maximum atomic E-state index is 12.6. The zero-order valence-electron chi connectivity index (χ0n) is 25.2. The summed E-state index contributed by atoms with van der Waals surface area (Å²) in [6.07, 6.45) is 3.95. The Morgan fingerprint density at radius 3 is 2.33 bits per heavy atom. The monoisotopic (exact) mass is 589 g/mol. The first kappa shape index (κ1) is 31.3. The van der Waals surface area contributed by atoms with Crippen molar-refractivity contribution in [2.45, 2.75) is 59.4 Å². The normalized spacial score (nSPS) is 13.7. The van der Waals surface area contributed by atoms with Crippen LogP contribution >= 0.6 is 11.3 Å².